The summed E-state index contributed by atoms with van der Waals surface area (Å²) < 4.78 is 5.77. The molecule has 4 heteroatoms. The van der Waals surface area contributed by atoms with E-state index >= 15 is 0 Å². The zero-order valence-electron chi connectivity index (χ0n) is 13.4. The van der Waals surface area contributed by atoms with Crippen LogP contribution >= 0.6 is 0 Å². The second kappa shape index (κ2) is 6.29. The van der Waals surface area contributed by atoms with Crippen molar-refractivity contribution in [3.05, 3.63) is 29.7 Å². The number of hydrogen-bond donors (Lipinski definition) is 1. The Morgan fingerprint density at radius 1 is 1.41 bits per heavy atom. The molecule has 1 saturated heterocycles. The van der Waals surface area contributed by atoms with Gasteiger partial charge in [-0.1, -0.05) is 6.92 Å². The molecule has 1 aromatic heterocycles. The van der Waals surface area contributed by atoms with E-state index in [2.05, 4.69) is 6.92 Å². The van der Waals surface area contributed by atoms with Gasteiger partial charge >= 0.3 is 0 Å². The Labute approximate surface area is 131 Å². The fourth-order valence-corrected chi connectivity index (χ4v) is 3.24. The molecule has 1 saturated carbocycles. The smallest absolute Gasteiger partial charge is 0.246 e. The molecule has 3 unspecified atom stereocenters. The van der Waals surface area contributed by atoms with Crippen molar-refractivity contribution in [1.82, 2.24) is 4.90 Å². The van der Waals surface area contributed by atoms with Crippen LogP contribution in [0.15, 0.2) is 22.6 Å². The van der Waals surface area contributed by atoms with Crippen LogP contribution < -0.4 is 0 Å². The van der Waals surface area contributed by atoms with E-state index in [1.165, 1.54) is 6.42 Å². The third-order valence-electron chi connectivity index (χ3n) is 5.05. The first-order chi connectivity index (χ1) is 10.5. The van der Waals surface area contributed by atoms with Crippen molar-refractivity contribution in [2.45, 2.75) is 45.1 Å². The summed E-state index contributed by atoms with van der Waals surface area (Å²) >= 11 is 0. The lowest BCUT2D eigenvalue weighted by molar-refractivity contribution is -0.127. The van der Waals surface area contributed by atoms with Crippen LogP contribution in [0.2, 0.25) is 0 Å². The lowest BCUT2D eigenvalue weighted by Gasteiger charge is -2.32. The average molecular weight is 303 g/mol. The highest BCUT2D eigenvalue weighted by Crippen LogP contribution is 2.47. The van der Waals surface area contributed by atoms with Gasteiger partial charge in [0.05, 0.1) is 6.10 Å². The van der Waals surface area contributed by atoms with Crippen molar-refractivity contribution in [3.63, 3.8) is 0 Å². The predicted molar refractivity (Wildman–Crippen MR) is 85.2 cm³/mol. The Hall–Kier alpha value is -1.55. The molecule has 3 rings (SSSR count). The fourth-order valence-electron chi connectivity index (χ4n) is 3.24. The summed E-state index contributed by atoms with van der Waals surface area (Å²) in [6.07, 6.45) is 6.04. The minimum absolute atomic E-state index is 0.0294. The number of piperidine rings is 1. The van der Waals surface area contributed by atoms with Crippen LogP contribution in [-0.2, 0) is 4.79 Å². The van der Waals surface area contributed by atoms with E-state index in [1.54, 1.807) is 12.2 Å². The highest BCUT2D eigenvalue weighted by Gasteiger charge is 2.36. The molecule has 2 fully saturated rings. The largest absolute Gasteiger partial charge is 0.461 e. The number of hydrogen-bond acceptors (Lipinski definition) is 3. The normalized spacial score (nSPS) is 27.3. The maximum absolute atomic E-state index is 12.2. The number of amides is 1. The first kappa shape index (κ1) is 15.3. The van der Waals surface area contributed by atoms with Gasteiger partial charge < -0.3 is 14.4 Å². The Morgan fingerprint density at radius 2 is 2.09 bits per heavy atom. The Morgan fingerprint density at radius 3 is 2.68 bits per heavy atom. The molecule has 1 aliphatic heterocycles. The quantitative estimate of drug-likeness (QED) is 0.870. The second-order valence-electron chi connectivity index (χ2n) is 6.80. The number of rotatable bonds is 4. The predicted octanol–water partition coefficient (Wildman–Crippen LogP) is 3.04. The van der Waals surface area contributed by atoms with E-state index in [9.17, 15) is 9.90 Å². The van der Waals surface area contributed by atoms with Gasteiger partial charge in [0, 0.05) is 25.1 Å². The van der Waals surface area contributed by atoms with Gasteiger partial charge in [0.2, 0.25) is 5.91 Å². The van der Waals surface area contributed by atoms with Gasteiger partial charge in [0.1, 0.15) is 11.5 Å². The van der Waals surface area contributed by atoms with Crippen LogP contribution in [0.5, 0.6) is 0 Å². The van der Waals surface area contributed by atoms with Crippen molar-refractivity contribution < 1.29 is 14.3 Å². The fraction of sp³-hybridized carbons (Fsp3) is 0.611. The Bertz CT molecular complexity index is 552. The second-order valence-corrected chi connectivity index (χ2v) is 6.80. The van der Waals surface area contributed by atoms with Crippen LogP contribution in [0, 0.1) is 11.8 Å². The third-order valence-corrected chi connectivity index (χ3v) is 5.05. The summed E-state index contributed by atoms with van der Waals surface area (Å²) in [6.45, 7) is 5.50. The number of aliphatic hydroxyl groups is 1. The molecule has 0 aromatic carbocycles. The minimum atomic E-state index is -0.279. The number of aliphatic hydroxyl groups excluding tert-OH is 1. The standard InChI is InChI=1S/C18H25NO3/c1-12-11-16(12)17-5-3-15(22-17)4-6-18(21)19-9-7-14(8-10-19)13(2)20/h3-6,12-14,16,20H,7-11H2,1-2H3. The molecule has 1 N–H and O–H groups in total. The molecule has 22 heavy (non-hydrogen) atoms. The van der Waals surface area contributed by atoms with E-state index in [0.717, 1.165) is 43.4 Å². The van der Waals surface area contributed by atoms with Gasteiger partial charge in [-0.2, -0.15) is 0 Å². The minimum Gasteiger partial charge on any atom is -0.461 e. The molecule has 0 spiro atoms. The molecule has 120 valence electrons. The summed E-state index contributed by atoms with van der Waals surface area (Å²) in [4.78, 5) is 14.0. The van der Waals surface area contributed by atoms with Crippen LogP contribution in [0.1, 0.15) is 50.5 Å². The molecule has 2 heterocycles. The number of likely N-dealkylation sites (tertiary alicyclic amines) is 1. The highest BCUT2D eigenvalue weighted by atomic mass is 16.3. The van der Waals surface area contributed by atoms with Gasteiger partial charge in [-0.25, -0.2) is 0 Å². The van der Waals surface area contributed by atoms with E-state index in [0.29, 0.717) is 11.8 Å². The van der Waals surface area contributed by atoms with Crippen LogP contribution in [-0.4, -0.2) is 35.1 Å². The van der Waals surface area contributed by atoms with E-state index in [1.807, 2.05) is 24.0 Å². The van der Waals surface area contributed by atoms with Gasteiger partial charge in [0.25, 0.3) is 0 Å². The first-order valence-corrected chi connectivity index (χ1v) is 8.29. The highest BCUT2D eigenvalue weighted by molar-refractivity contribution is 5.91. The molecular formula is C18H25NO3. The maximum Gasteiger partial charge on any atom is 0.246 e. The van der Waals surface area contributed by atoms with Gasteiger partial charge in [0.15, 0.2) is 0 Å². The molecule has 0 bridgehead atoms. The molecule has 3 atom stereocenters. The van der Waals surface area contributed by atoms with Crippen LogP contribution in [0.4, 0.5) is 0 Å². The average Bonchev–Trinajstić information content (AvgIpc) is 3.06. The van der Waals surface area contributed by atoms with E-state index in [4.69, 9.17) is 4.42 Å². The van der Waals surface area contributed by atoms with Crippen LogP contribution in [0.25, 0.3) is 6.08 Å². The monoisotopic (exact) mass is 303 g/mol. The van der Waals surface area contributed by atoms with Crippen molar-refractivity contribution in [1.29, 1.82) is 0 Å². The summed E-state index contributed by atoms with van der Waals surface area (Å²) in [5.74, 6) is 3.43. The van der Waals surface area contributed by atoms with Gasteiger partial charge in [-0.3, -0.25) is 4.79 Å². The van der Waals surface area contributed by atoms with Crippen molar-refractivity contribution >= 4 is 12.0 Å². The Balaban J connectivity index is 1.52. The van der Waals surface area contributed by atoms with Crippen LogP contribution in [0.3, 0.4) is 0 Å². The number of nitrogens with zero attached hydrogens (tertiary/aromatic N) is 1. The zero-order valence-corrected chi connectivity index (χ0v) is 13.4. The third kappa shape index (κ3) is 3.43. The first-order valence-electron chi connectivity index (χ1n) is 8.29. The molecule has 1 aromatic rings. The van der Waals surface area contributed by atoms with Gasteiger partial charge in [-0.15, -0.1) is 0 Å². The molecule has 1 aliphatic carbocycles. The molecule has 1 amide bonds. The molecule has 0 radical (unpaired) electrons. The van der Waals surface area contributed by atoms with Crippen molar-refractivity contribution in [2.75, 3.05) is 13.1 Å². The number of carbonyl (C=O) groups is 1. The summed E-state index contributed by atoms with van der Waals surface area (Å²) in [6, 6.07) is 3.95. The Kier molecular flexibility index (Phi) is 4.39. The lowest BCUT2D eigenvalue weighted by Crippen LogP contribution is -2.39. The van der Waals surface area contributed by atoms with Gasteiger partial charge in [-0.05, 0) is 56.2 Å². The molecule has 2 aliphatic rings. The molecule has 4 nitrogen and oxygen atoms in total. The number of furan rings is 1. The summed E-state index contributed by atoms with van der Waals surface area (Å²) in [5.41, 5.74) is 0. The topological polar surface area (TPSA) is 53.7 Å². The van der Waals surface area contributed by atoms with E-state index in [-0.39, 0.29) is 12.0 Å². The maximum atomic E-state index is 12.2. The SMILES string of the molecule is CC(O)C1CCN(C(=O)C=Cc2ccc(C3CC3C)o2)CC1. The summed E-state index contributed by atoms with van der Waals surface area (Å²) in [7, 11) is 0. The number of carbonyl (C=O) groups excluding carboxylic acids is 1. The summed E-state index contributed by atoms with van der Waals surface area (Å²) in [5, 5.41) is 9.60. The van der Waals surface area contributed by atoms with Crippen molar-refractivity contribution in [3.8, 4) is 0 Å². The van der Waals surface area contributed by atoms with Crippen molar-refractivity contribution in [2.24, 2.45) is 11.8 Å². The molecular weight excluding hydrogens is 278 g/mol. The lowest BCUT2D eigenvalue weighted by atomic mass is 9.92. The van der Waals surface area contributed by atoms with E-state index < -0.39 is 0 Å². The zero-order chi connectivity index (χ0) is 15.7.